The zero-order valence-corrected chi connectivity index (χ0v) is 14.5. The van der Waals surface area contributed by atoms with Crippen molar-refractivity contribution in [2.75, 3.05) is 13.1 Å². The van der Waals surface area contributed by atoms with Gasteiger partial charge in [0.05, 0.1) is 23.3 Å². The van der Waals surface area contributed by atoms with Gasteiger partial charge in [0.1, 0.15) is 0 Å². The van der Waals surface area contributed by atoms with E-state index in [4.69, 9.17) is 10.5 Å². The molecule has 0 aliphatic carbocycles. The average molecular weight is 328 g/mol. The average Bonchev–Trinajstić information content (AvgIpc) is 2.62. The molecule has 2 rings (SSSR count). The van der Waals surface area contributed by atoms with E-state index in [1.165, 1.54) is 0 Å². The number of nitrogens with zero attached hydrogens (tertiary/aromatic N) is 4. The van der Waals surface area contributed by atoms with Crippen LogP contribution in [0, 0.1) is 28.1 Å². The summed E-state index contributed by atoms with van der Waals surface area (Å²) in [6.45, 7) is 5.58. The first-order valence-electron chi connectivity index (χ1n) is 8.02. The fourth-order valence-corrected chi connectivity index (χ4v) is 2.13. The minimum Gasteiger partial charge on any atom is -0.292 e. The molecule has 0 radical (unpaired) electrons. The second-order valence-electron chi connectivity index (χ2n) is 6.57. The summed E-state index contributed by atoms with van der Waals surface area (Å²) in [6.07, 6.45) is 3.65. The van der Waals surface area contributed by atoms with E-state index >= 15 is 0 Å². The second kappa shape index (κ2) is 8.57. The third kappa shape index (κ3) is 6.05. The molecule has 2 aromatic rings. The SMILES string of the molecule is CC(C)(CN=Cc1ccc(C#N)cc1)CN=Cc1ccc(C#N)cc1. The van der Waals surface area contributed by atoms with E-state index in [1.807, 2.05) is 36.7 Å². The summed E-state index contributed by atoms with van der Waals surface area (Å²) in [4.78, 5) is 9.00. The quantitative estimate of drug-likeness (QED) is 0.752. The van der Waals surface area contributed by atoms with Crippen LogP contribution in [0.5, 0.6) is 0 Å². The van der Waals surface area contributed by atoms with Gasteiger partial charge in [0.2, 0.25) is 0 Å². The highest BCUT2D eigenvalue weighted by Gasteiger charge is 2.15. The van der Waals surface area contributed by atoms with Gasteiger partial charge in [0.25, 0.3) is 0 Å². The molecule has 0 unspecified atom stereocenters. The number of hydrogen-bond donors (Lipinski definition) is 0. The van der Waals surface area contributed by atoms with Crippen molar-refractivity contribution in [3.8, 4) is 12.1 Å². The molecule has 25 heavy (non-hydrogen) atoms. The van der Waals surface area contributed by atoms with Crippen LogP contribution in [0.3, 0.4) is 0 Å². The van der Waals surface area contributed by atoms with E-state index in [2.05, 4.69) is 36.0 Å². The number of aliphatic imine (C=N–C) groups is 2. The van der Waals surface area contributed by atoms with E-state index in [0.29, 0.717) is 24.2 Å². The van der Waals surface area contributed by atoms with E-state index in [0.717, 1.165) is 11.1 Å². The number of rotatable bonds is 6. The topological polar surface area (TPSA) is 72.3 Å². The largest absolute Gasteiger partial charge is 0.292 e. The molecule has 0 saturated heterocycles. The lowest BCUT2D eigenvalue weighted by Crippen LogP contribution is -2.19. The summed E-state index contributed by atoms with van der Waals surface area (Å²) in [5.41, 5.74) is 3.21. The normalized spacial score (nSPS) is 11.5. The van der Waals surface area contributed by atoms with Crippen molar-refractivity contribution in [2.45, 2.75) is 13.8 Å². The number of benzene rings is 2. The monoisotopic (exact) mass is 328 g/mol. The van der Waals surface area contributed by atoms with E-state index in [1.54, 1.807) is 24.3 Å². The molecule has 0 N–H and O–H groups in total. The van der Waals surface area contributed by atoms with Gasteiger partial charge in [-0.1, -0.05) is 38.1 Å². The fraction of sp³-hybridized carbons (Fsp3) is 0.238. The Morgan fingerprint density at radius 3 is 1.44 bits per heavy atom. The van der Waals surface area contributed by atoms with Crippen molar-refractivity contribution in [3.05, 3.63) is 70.8 Å². The molecule has 0 atom stereocenters. The van der Waals surface area contributed by atoms with E-state index < -0.39 is 0 Å². The molecule has 4 nitrogen and oxygen atoms in total. The standard InChI is InChI=1S/C21H20N4/c1-21(2,15-24-13-19-7-3-17(11-22)4-8-19)16-25-14-20-9-5-18(12-23)6-10-20/h3-10,13-14H,15-16H2,1-2H3. The lowest BCUT2D eigenvalue weighted by atomic mass is 9.94. The molecular weight excluding hydrogens is 308 g/mol. The summed E-state index contributed by atoms with van der Waals surface area (Å²) in [5.74, 6) is 0. The van der Waals surface area contributed by atoms with Gasteiger partial charge in [-0.05, 0) is 35.4 Å². The molecule has 0 aliphatic heterocycles. The Labute approximate surface area is 148 Å². The maximum Gasteiger partial charge on any atom is 0.0991 e. The van der Waals surface area contributed by atoms with Crippen molar-refractivity contribution >= 4 is 12.4 Å². The molecule has 0 saturated carbocycles. The van der Waals surface area contributed by atoms with Gasteiger partial charge in [0, 0.05) is 30.9 Å². The van der Waals surface area contributed by atoms with Crippen LogP contribution in [0.2, 0.25) is 0 Å². The van der Waals surface area contributed by atoms with Gasteiger partial charge < -0.3 is 0 Å². The van der Waals surface area contributed by atoms with Gasteiger partial charge in [-0.25, -0.2) is 0 Å². The summed E-state index contributed by atoms with van der Waals surface area (Å²) in [6, 6.07) is 18.9. The smallest absolute Gasteiger partial charge is 0.0991 e. The molecule has 2 aromatic carbocycles. The van der Waals surface area contributed by atoms with Crippen LogP contribution in [-0.4, -0.2) is 25.5 Å². The minimum absolute atomic E-state index is 0.0494. The molecule has 0 fully saturated rings. The predicted octanol–water partition coefficient (Wildman–Crippen LogP) is 3.99. The highest BCUT2D eigenvalue weighted by Crippen LogP contribution is 2.16. The number of hydrogen-bond acceptors (Lipinski definition) is 4. The van der Waals surface area contributed by atoms with Crippen molar-refractivity contribution in [3.63, 3.8) is 0 Å². The maximum atomic E-state index is 8.79. The zero-order valence-electron chi connectivity index (χ0n) is 14.5. The van der Waals surface area contributed by atoms with Crippen LogP contribution in [-0.2, 0) is 0 Å². The van der Waals surface area contributed by atoms with Crippen molar-refractivity contribution < 1.29 is 0 Å². The van der Waals surface area contributed by atoms with Gasteiger partial charge in [0.15, 0.2) is 0 Å². The van der Waals surface area contributed by atoms with Crippen LogP contribution < -0.4 is 0 Å². The number of nitriles is 2. The molecule has 0 amide bonds. The maximum absolute atomic E-state index is 8.79. The lowest BCUT2D eigenvalue weighted by molar-refractivity contribution is 0.396. The summed E-state index contributed by atoms with van der Waals surface area (Å²) in [7, 11) is 0. The third-order valence-corrected chi connectivity index (χ3v) is 3.60. The Bertz CT molecular complexity index is 758. The second-order valence-corrected chi connectivity index (χ2v) is 6.57. The summed E-state index contributed by atoms with van der Waals surface area (Å²) < 4.78 is 0. The summed E-state index contributed by atoms with van der Waals surface area (Å²) >= 11 is 0. The first kappa shape index (κ1) is 18.1. The first-order valence-corrected chi connectivity index (χ1v) is 8.02. The Kier molecular flexibility index (Phi) is 6.20. The predicted molar refractivity (Wildman–Crippen MR) is 101 cm³/mol. The molecular formula is C21H20N4. The molecule has 0 aromatic heterocycles. The van der Waals surface area contributed by atoms with Crippen LogP contribution in [0.1, 0.15) is 36.1 Å². The Morgan fingerprint density at radius 1 is 0.760 bits per heavy atom. The van der Waals surface area contributed by atoms with Crippen molar-refractivity contribution in [2.24, 2.45) is 15.4 Å². The van der Waals surface area contributed by atoms with Gasteiger partial charge in [-0.15, -0.1) is 0 Å². The summed E-state index contributed by atoms with van der Waals surface area (Å²) in [5, 5.41) is 17.6. The van der Waals surface area contributed by atoms with E-state index in [-0.39, 0.29) is 5.41 Å². The molecule has 0 heterocycles. The third-order valence-electron chi connectivity index (χ3n) is 3.60. The van der Waals surface area contributed by atoms with Crippen molar-refractivity contribution in [1.29, 1.82) is 10.5 Å². The minimum atomic E-state index is -0.0494. The van der Waals surface area contributed by atoms with Gasteiger partial charge in [-0.2, -0.15) is 10.5 Å². The fourth-order valence-electron chi connectivity index (χ4n) is 2.13. The Morgan fingerprint density at radius 2 is 1.12 bits per heavy atom. The van der Waals surface area contributed by atoms with Crippen LogP contribution in [0.25, 0.3) is 0 Å². The molecule has 0 spiro atoms. The first-order chi connectivity index (χ1) is 12.0. The molecule has 4 heteroatoms. The highest BCUT2D eigenvalue weighted by atomic mass is 14.8. The van der Waals surface area contributed by atoms with Gasteiger partial charge in [-0.3, -0.25) is 9.98 Å². The molecule has 124 valence electrons. The van der Waals surface area contributed by atoms with Crippen LogP contribution in [0.15, 0.2) is 58.5 Å². The van der Waals surface area contributed by atoms with E-state index in [9.17, 15) is 0 Å². The van der Waals surface area contributed by atoms with Crippen LogP contribution >= 0.6 is 0 Å². The van der Waals surface area contributed by atoms with Gasteiger partial charge >= 0.3 is 0 Å². The van der Waals surface area contributed by atoms with Crippen molar-refractivity contribution in [1.82, 2.24) is 0 Å². The van der Waals surface area contributed by atoms with Crippen LogP contribution in [0.4, 0.5) is 0 Å². The molecule has 0 aliphatic rings. The highest BCUT2D eigenvalue weighted by molar-refractivity contribution is 5.80. The Hall–Kier alpha value is -3.24. The Balaban J connectivity index is 1.87. The lowest BCUT2D eigenvalue weighted by Gasteiger charge is -2.19. The zero-order chi connectivity index (χ0) is 18.1. The molecule has 0 bridgehead atoms.